The maximum Gasteiger partial charge on any atom is 0.173 e. The highest BCUT2D eigenvalue weighted by Gasteiger charge is 2.32. The normalized spacial score (nSPS) is 18.0. The van der Waals surface area contributed by atoms with Crippen LogP contribution in [0.3, 0.4) is 0 Å². The van der Waals surface area contributed by atoms with Crippen molar-refractivity contribution in [2.45, 2.75) is 32.4 Å². The molecule has 1 aliphatic heterocycles. The van der Waals surface area contributed by atoms with Crippen LogP contribution in [-0.2, 0) is 5.54 Å². The molecule has 0 radical (unpaired) electrons. The lowest BCUT2D eigenvalue weighted by atomic mass is 10.0. The molecule has 2 heterocycles. The summed E-state index contributed by atoms with van der Waals surface area (Å²) >= 11 is 0. The van der Waals surface area contributed by atoms with Gasteiger partial charge in [-0.25, -0.2) is 9.07 Å². The van der Waals surface area contributed by atoms with Crippen LogP contribution >= 0.6 is 0 Å². The minimum Gasteiger partial charge on any atom is -0.297 e. The third-order valence-corrected chi connectivity index (χ3v) is 4.72. The second-order valence-corrected chi connectivity index (χ2v) is 7.70. The van der Waals surface area contributed by atoms with Crippen LogP contribution < -0.4 is 0 Å². The Kier molecular flexibility index (Phi) is 5.48. The molecule has 0 N–H and O–H groups in total. The van der Waals surface area contributed by atoms with Gasteiger partial charge in [-0.05, 0) is 48.9 Å². The average molecular weight is 358 g/mol. The molecule has 0 spiro atoms. The first-order valence-corrected chi connectivity index (χ1v) is 9.01. The van der Waals surface area contributed by atoms with Crippen molar-refractivity contribution in [3.05, 3.63) is 54.1 Å². The molecular formula is C19H27FN6. The van der Waals surface area contributed by atoms with E-state index in [1.165, 1.54) is 12.1 Å². The fourth-order valence-electron chi connectivity index (χ4n) is 3.40. The lowest BCUT2D eigenvalue weighted by molar-refractivity contribution is 0.110. The Hall–Kier alpha value is -2.12. The predicted octanol–water partition coefficient (Wildman–Crippen LogP) is 2.46. The minimum atomic E-state index is -0.237. The third kappa shape index (κ3) is 3.99. The molecule has 0 bridgehead atoms. The lowest BCUT2D eigenvalue weighted by Gasteiger charge is -2.39. The van der Waals surface area contributed by atoms with Gasteiger partial charge in [-0.2, -0.15) is 0 Å². The van der Waals surface area contributed by atoms with E-state index in [4.69, 9.17) is 0 Å². The summed E-state index contributed by atoms with van der Waals surface area (Å²) < 4.78 is 15.3. The van der Waals surface area contributed by atoms with Crippen LogP contribution in [0, 0.1) is 5.82 Å². The van der Waals surface area contributed by atoms with E-state index in [0.29, 0.717) is 0 Å². The van der Waals surface area contributed by atoms with Crippen LogP contribution in [0.5, 0.6) is 0 Å². The number of hydrogen-bond acceptors (Lipinski definition) is 5. The van der Waals surface area contributed by atoms with E-state index in [-0.39, 0.29) is 17.4 Å². The van der Waals surface area contributed by atoms with Crippen molar-refractivity contribution in [1.29, 1.82) is 0 Å². The van der Waals surface area contributed by atoms with Gasteiger partial charge in [-0.1, -0.05) is 18.2 Å². The summed E-state index contributed by atoms with van der Waals surface area (Å²) in [5, 5.41) is 12.5. The van der Waals surface area contributed by atoms with Crippen LogP contribution in [0.15, 0.2) is 36.9 Å². The Morgan fingerprint density at radius 1 is 1.15 bits per heavy atom. The van der Waals surface area contributed by atoms with E-state index >= 15 is 0 Å². The molecule has 0 amide bonds. The summed E-state index contributed by atoms with van der Waals surface area (Å²) in [6.07, 6.45) is 1.94. The molecule has 1 fully saturated rings. The van der Waals surface area contributed by atoms with Crippen molar-refractivity contribution in [1.82, 2.24) is 30.0 Å². The number of halogens is 1. The molecule has 140 valence electrons. The molecular weight excluding hydrogens is 331 g/mol. The van der Waals surface area contributed by atoms with Gasteiger partial charge >= 0.3 is 0 Å². The molecule has 26 heavy (non-hydrogen) atoms. The summed E-state index contributed by atoms with van der Waals surface area (Å²) in [4.78, 5) is 4.75. The van der Waals surface area contributed by atoms with Gasteiger partial charge in [0.25, 0.3) is 0 Å². The Morgan fingerprint density at radius 3 is 2.38 bits per heavy atom. The first-order valence-electron chi connectivity index (χ1n) is 9.01. The van der Waals surface area contributed by atoms with Crippen molar-refractivity contribution in [2.24, 2.45) is 0 Å². The molecule has 2 aromatic rings. The zero-order valence-electron chi connectivity index (χ0n) is 15.8. The smallest absolute Gasteiger partial charge is 0.173 e. The third-order valence-electron chi connectivity index (χ3n) is 4.72. The van der Waals surface area contributed by atoms with Gasteiger partial charge < -0.3 is 0 Å². The maximum absolute atomic E-state index is 13.5. The molecule has 0 saturated carbocycles. The van der Waals surface area contributed by atoms with Crippen molar-refractivity contribution in [3.63, 3.8) is 0 Å². The predicted molar refractivity (Wildman–Crippen MR) is 99.3 cm³/mol. The van der Waals surface area contributed by atoms with Gasteiger partial charge in [0.15, 0.2) is 5.82 Å². The van der Waals surface area contributed by atoms with Crippen LogP contribution in [0.2, 0.25) is 0 Å². The largest absolute Gasteiger partial charge is 0.297 e. The van der Waals surface area contributed by atoms with E-state index in [2.05, 4.69) is 52.7 Å². The van der Waals surface area contributed by atoms with Crippen molar-refractivity contribution >= 4 is 0 Å². The van der Waals surface area contributed by atoms with E-state index in [1.54, 1.807) is 0 Å². The fourth-order valence-corrected chi connectivity index (χ4v) is 3.40. The van der Waals surface area contributed by atoms with Crippen molar-refractivity contribution < 1.29 is 4.39 Å². The molecule has 1 aliphatic rings. The Balaban J connectivity index is 1.95. The van der Waals surface area contributed by atoms with Gasteiger partial charge in [-0.3, -0.25) is 9.80 Å². The number of hydrogen-bond donors (Lipinski definition) is 0. The average Bonchev–Trinajstić information content (AvgIpc) is 3.08. The first kappa shape index (κ1) is 18.7. The molecule has 7 heteroatoms. The van der Waals surface area contributed by atoms with Gasteiger partial charge in [0.1, 0.15) is 5.82 Å². The quantitative estimate of drug-likeness (QED) is 0.769. The monoisotopic (exact) mass is 358 g/mol. The highest BCUT2D eigenvalue weighted by molar-refractivity contribution is 5.26. The number of tetrazole rings is 1. The summed E-state index contributed by atoms with van der Waals surface area (Å²) in [5.41, 5.74) is 0.769. The SMILES string of the molecule is C=CCN1CCN(C(c2ccc(F)cc2)c2nnnn2C(C)(C)C)CC1. The topological polar surface area (TPSA) is 50.1 Å². The Morgan fingerprint density at radius 2 is 1.81 bits per heavy atom. The molecule has 1 aromatic carbocycles. The van der Waals surface area contributed by atoms with E-state index in [0.717, 1.165) is 44.1 Å². The molecule has 6 nitrogen and oxygen atoms in total. The summed E-state index contributed by atoms with van der Waals surface area (Å²) in [6, 6.07) is 6.56. The number of piperazine rings is 1. The fraction of sp³-hybridized carbons (Fsp3) is 0.526. The second-order valence-electron chi connectivity index (χ2n) is 7.70. The lowest BCUT2D eigenvalue weighted by Crippen LogP contribution is -2.48. The molecule has 1 unspecified atom stereocenters. The highest BCUT2D eigenvalue weighted by Crippen LogP contribution is 2.30. The zero-order valence-corrected chi connectivity index (χ0v) is 15.8. The first-order chi connectivity index (χ1) is 12.4. The number of nitrogens with zero attached hydrogens (tertiary/aromatic N) is 6. The molecule has 3 rings (SSSR count). The van der Waals surface area contributed by atoms with Crippen LogP contribution in [0.25, 0.3) is 0 Å². The van der Waals surface area contributed by atoms with E-state index in [9.17, 15) is 4.39 Å². The van der Waals surface area contributed by atoms with Crippen LogP contribution in [0.1, 0.15) is 38.2 Å². The van der Waals surface area contributed by atoms with Crippen LogP contribution in [-0.4, -0.2) is 62.7 Å². The van der Waals surface area contributed by atoms with E-state index in [1.807, 2.05) is 22.9 Å². The second kappa shape index (κ2) is 7.63. The number of benzene rings is 1. The van der Waals surface area contributed by atoms with Gasteiger partial charge in [0.05, 0.1) is 11.6 Å². The standard InChI is InChI=1S/C19H27FN6/c1-5-10-24-11-13-25(14-12-24)17(15-6-8-16(20)9-7-15)18-21-22-23-26(18)19(2,3)4/h5-9,17H,1,10-14H2,2-4H3. The Bertz CT molecular complexity index is 725. The molecule has 1 saturated heterocycles. The van der Waals surface area contributed by atoms with Gasteiger partial charge in [-0.15, -0.1) is 11.7 Å². The highest BCUT2D eigenvalue weighted by atomic mass is 19.1. The summed E-state index contributed by atoms with van der Waals surface area (Å²) in [6.45, 7) is 14.7. The van der Waals surface area contributed by atoms with Crippen molar-refractivity contribution in [3.8, 4) is 0 Å². The van der Waals surface area contributed by atoms with Gasteiger partial charge in [0.2, 0.25) is 0 Å². The summed E-state index contributed by atoms with van der Waals surface area (Å²) in [7, 11) is 0. The number of aromatic nitrogens is 4. The molecule has 1 aromatic heterocycles. The minimum absolute atomic E-state index is 0.101. The Labute approximate surface area is 154 Å². The zero-order chi connectivity index (χ0) is 18.7. The van der Waals surface area contributed by atoms with Gasteiger partial charge in [0, 0.05) is 32.7 Å². The van der Waals surface area contributed by atoms with Crippen LogP contribution in [0.4, 0.5) is 4.39 Å². The summed E-state index contributed by atoms with van der Waals surface area (Å²) in [5.74, 6) is 0.556. The van der Waals surface area contributed by atoms with Crippen molar-refractivity contribution in [2.75, 3.05) is 32.7 Å². The van der Waals surface area contributed by atoms with E-state index < -0.39 is 0 Å². The number of rotatable bonds is 5. The molecule has 1 atom stereocenters. The molecule has 0 aliphatic carbocycles. The maximum atomic E-state index is 13.5.